The molecule has 6 heteroatoms. The molecule has 1 heterocycles. The van der Waals surface area contributed by atoms with E-state index in [0.29, 0.717) is 17.8 Å². The van der Waals surface area contributed by atoms with Gasteiger partial charge in [0.1, 0.15) is 0 Å². The molecule has 3 rings (SSSR count). The minimum Gasteiger partial charge on any atom is -0.325 e. The molecule has 0 aliphatic carbocycles. The molecular weight excluding hydrogens is 344 g/mol. The van der Waals surface area contributed by atoms with E-state index in [-0.39, 0.29) is 11.2 Å². The van der Waals surface area contributed by atoms with E-state index >= 15 is 0 Å². The van der Waals surface area contributed by atoms with Crippen molar-refractivity contribution in [3.8, 4) is 6.07 Å². The summed E-state index contributed by atoms with van der Waals surface area (Å²) < 4.78 is 2.05. The van der Waals surface area contributed by atoms with E-state index in [2.05, 4.69) is 22.9 Å². The molecule has 26 heavy (non-hydrogen) atoms. The summed E-state index contributed by atoms with van der Waals surface area (Å²) in [5.41, 5.74) is 3.03. The fraction of sp³-hybridized carbons (Fsp3) is 0.150. The highest BCUT2D eigenvalue weighted by atomic mass is 32.2. The molecule has 0 fully saturated rings. The van der Waals surface area contributed by atoms with Crippen molar-refractivity contribution in [3.05, 3.63) is 66.7 Å². The number of carbonyl (C=O) groups is 1. The Bertz CT molecular complexity index is 1000. The third kappa shape index (κ3) is 3.79. The first-order valence-electron chi connectivity index (χ1n) is 8.16. The molecule has 1 aromatic heterocycles. The summed E-state index contributed by atoms with van der Waals surface area (Å²) in [6, 6.07) is 16.8. The normalized spacial score (nSPS) is 11.7. The first-order chi connectivity index (χ1) is 12.6. The number of carbonyl (C=O) groups excluding carboxylic acids is 1. The van der Waals surface area contributed by atoms with E-state index in [4.69, 9.17) is 5.26 Å². The lowest BCUT2D eigenvalue weighted by molar-refractivity contribution is -0.115. The van der Waals surface area contributed by atoms with Crippen LogP contribution in [-0.2, 0) is 11.3 Å². The average Bonchev–Trinajstić information content (AvgIpc) is 2.99. The van der Waals surface area contributed by atoms with E-state index in [1.54, 1.807) is 24.3 Å². The van der Waals surface area contributed by atoms with Gasteiger partial charge in [-0.2, -0.15) is 5.26 Å². The quantitative estimate of drug-likeness (QED) is 0.527. The van der Waals surface area contributed by atoms with Gasteiger partial charge in [0.2, 0.25) is 5.91 Å². The molecule has 5 nitrogen and oxygen atoms in total. The zero-order chi connectivity index (χ0) is 18.5. The zero-order valence-corrected chi connectivity index (χ0v) is 15.2. The van der Waals surface area contributed by atoms with Crippen LogP contribution < -0.4 is 5.32 Å². The monoisotopic (exact) mass is 362 g/mol. The Morgan fingerprint density at radius 2 is 2.19 bits per heavy atom. The molecule has 1 unspecified atom stereocenters. The highest BCUT2D eigenvalue weighted by molar-refractivity contribution is 8.00. The molecule has 3 aromatic rings. The second-order valence-corrected chi connectivity index (χ2v) is 7.03. The van der Waals surface area contributed by atoms with Crippen molar-refractivity contribution < 1.29 is 4.79 Å². The second kappa shape index (κ2) is 7.89. The third-order valence-electron chi connectivity index (χ3n) is 3.84. The van der Waals surface area contributed by atoms with Crippen LogP contribution in [0.25, 0.3) is 11.0 Å². The molecule has 0 aliphatic rings. The largest absolute Gasteiger partial charge is 0.325 e. The number of hydrogen-bond donors (Lipinski definition) is 1. The van der Waals surface area contributed by atoms with Gasteiger partial charge >= 0.3 is 0 Å². The highest BCUT2D eigenvalue weighted by Crippen LogP contribution is 2.28. The fourth-order valence-electron chi connectivity index (χ4n) is 2.57. The molecule has 2 aromatic carbocycles. The predicted molar refractivity (Wildman–Crippen MR) is 105 cm³/mol. The molecule has 1 amide bonds. The number of para-hydroxylation sites is 2. The lowest BCUT2D eigenvalue weighted by atomic mass is 10.2. The maximum absolute atomic E-state index is 12.5. The van der Waals surface area contributed by atoms with Gasteiger partial charge in [0.15, 0.2) is 5.16 Å². The van der Waals surface area contributed by atoms with Crippen LogP contribution in [0, 0.1) is 11.3 Å². The highest BCUT2D eigenvalue weighted by Gasteiger charge is 2.19. The number of imidazole rings is 1. The number of amides is 1. The van der Waals surface area contributed by atoms with Crippen molar-refractivity contribution in [3.63, 3.8) is 0 Å². The molecule has 0 saturated heterocycles. The van der Waals surface area contributed by atoms with E-state index < -0.39 is 0 Å². The molecule has 0 saturated carbocycles. The van der Waals surface area contributed by atoms with Gasteiger partial charge < -0.3 is 9.88 Å². The summed E-state index contributed by atoms with van der Waals surface area (Å²) in [6.45, 7) is 6.27. The Labute approximate surface area is 156 Å². The van der Waals surface area contributed by atoms with E-state index in [9.17, 15) is 4.79 Å². The number of hydrogen-bond acceptors (Lipinski definition) is 4. The van der Waals surface area contributed by atoms with Crippen molar-refractivity contribution in [2.75, 3.05) is 5.32 Å². The van der Waals surface area contributed by atoms with Gasteiger partial charge in [0, 0.05) is 12.2 Å². The molecular formula is C20H18N4OS. The number of aromatic nitrogens is 2. The Morgan fingerprint density at radius 1 is 1.38 bits per heavy atom. The number of benzene rings is 2. The van der Waals surface area contributed by atoms with Crippen LogP contribution in [0.3, 0.4) is 0 Å². The summed E-state index contributed by atoms with van der Waals surface area (Å²) >= 11 is 1.40. The van der Waals surface area contributed by atoms with Gasteiger partial charge in [-0.15, -0.1) is 6.58 Å². The number of thioether (sulfide) groups is 1. The number of allylic oxidation sites excluding steroid dienone is 1. The Morgan fingerprint density at radius 3 is 2.96 bits per heavy atom. The fourth-order valence-corrected chi connectivity index (χ4v) is 3.50. The van der Waals surface area contributed by atoms with Gasteiger partial charge in [-0.25, -0.2) is 4.98 Å². The minimum absolute atomic E-state index is 0.137. The van der Waals surface area contributed by atoms with Crippen LogP contribution in [-0.4, -0.2) is 20.7 Å². The maximum atomic E-state index is 12.5. The Kier molecular flexibility index (Phi) is 5.40. The van der Waals surface area contributed by atoms with Crippen LogP contribution in [0.15, 0.2) is 66.3 Å². The molecule has 0 bridgehead atoms. The summed E-state index contributed by atoms with van der Waals surface area (Å²) in [5, 5.41) is 12.2. The SMILES string of the molecule is C=CCn1c(SC(C)C(=O)Nc2cccc(C#N)c2)nc2ccccc21. The van der Waals surface area contributed by atoms with E-state index in [0.717, 1.165) is 16.2 Å². The van der Waals surface area contributed by atoms with Crippen LogP contribution in [0.1, 0.15) is 12.5 Å². The Hall–Kier alpha value is -3.04. The van der Waals surface area contributed by atoms with E-state index in [1.807, 2.05) is 41.8 Å². The molecule has 0 spiro atoms. The minimum atomic E-state index is -0.346. The van der Waals surface area contributed by atoms with Crippen molar-refractivity contribution in [2.45, 2.75) is 23.9 Å². The van der Waals surface area contributed by atoms with Crippen LogP contribution in [0.2, 0.25) is 0 Å². The topological polar surface area (TPSA) is 70.7 Å². The predicted octanol–water partition coefficient (Wildman–Crippen LogP) is 4.21. The average molecular weight is 362 g/mol. The number of rotatable bonds is 6. The molecule has 0 aliphatic heterocycles. The molecule has 130 valence electrons. The number of nitriles is 1. The first-order valence-corrected chi connectivity index (χ1v) is 9.04. The maximum Gasteiger partial charge on any atom is 0.237 e. The van der Waals surface area contributed by atoms with Gasteiger partial charge in [-0.05, 0) is 37.3 Å². The van der Waals surface area contributed by atoms with Gasteiger partial charge in [0.25, 0.3) is 0 Å². The number of nitrogens with one attached hydrogen (secondary N) is 1. The number of fused-ring (bicyclic) bond motifs is 1. The smallest absolute Gasteiger partial charge is 0.237 e. The van der Waals surface area contributed by atoms with Crippen molar-refractivity contribution >= 4 is 34.4 Å². The number of nitrogens with zero attached hydrogens (tertiary/aromatic N) is 3. The number of anilines is 1. The Balaban J connectivity index is 1.78. The van der Waals surface area contributed by atoms with Gasteiger partial charge in [-0.3, -0.25) is 4.79 Å². The van der Waals surface area contributed by atoms with Crippen molar-refractivity contribution in [1.82, 2.24) is 9.55 Å². The lowest BCUT2D eigenvalue weighted by Gasteiger charge is -2.13. The van der Waals surface area contributed by atoms with Crippen LogP contribution >= 0.6 is 11.8 Å². The summed E-state index contributed by atoms with van der Waals surface area (Å²) in [5.74, 6) is -0.137. The third-order valence-corrected chi connectivity index (χ3v) is 4.93. The zero-order valence-electron chi connectivity index (χ0n) is 14.3. The molecule has 1 N–H and O–H groups in total. The second-order valence-electron chi connectivity index (χ2n) is 5.72. The first kappa shape index (κ1) is 17.8. The molecule has 0 radical (unpaired) electrons. The van der Waals surface area contributed by atoms with Crippen molar-refractivity contribution in [2.24, 2.45) is 0 Å². The van der Waals surface area contributed by atoms with Crippen LogP contribution in [0.5, 0.6) is 0 Å². The summed E-state index contributed by atoms with van der Waals surface area (Å²) in [6.07, 6.45) is 1.82. The molecule has 1 atom stereocenters. The van der Waals surface area contributed by atoms with Crippen LogP contribution in [0.4, 0.5) is 5.69 Å². The van der Waals surface area contributed by atoms with Crippen molar-refractivity contribution in [1.29, 1.82) is 5.26 Å². The van der Waals surface area contributed by atoms with Gasteiger partial charge in [0.05, 0.1) is 27.9 Å². The summed E-state index contributed by atoms with van der Waals surface area (Å²) in [4.78, 5) is 17.2. The lowest BCUT2D eigenvalue weighted by Crippen LogP contribution is -2.23. The van der Waals surface area contributed by atoms with Gasteiger partial charge in [-0.1, -0.05) is 36.0 Å². The summed E-state index contributed by atoms with van der Waals surface area (Å²) in [7, 11) is 0. The van der Waals surface area contributed by atoms with E-state index in [1.165, 1.54) is 11.8 Å². The standard InChI is InChI=1S/C20H18N4OS/c1-3-11-24-18-10-5-4-9-17(18)23-20(24)26-14(2)19(25)22-16-8-6-7-15(12-16)13-21/h3-10,12,14H,1,11H2,2H3,(H,22,25).